The zero-order valence-electron chi connectivity index (χ0n) is 18.3. The van der Waals surface area contributed by atoms with E-state index < -0.39 is 10.0 Å². The van der Waals surface area contributed by atoms with Crippen LogP contribution >= 0.6 is 0 Å². The van der Waals surface area contributed by atoms with Crippen molar-refractivity contribution in [1.82, 2.24) is 15.1 Å². The van der Waals surface area contributed by atoms with Crippen molar-refractivity contribution >= 4 is 21.6 Å². The van der Waals surface area contributed by atoms with Gasteiger partial charge in [0.25, 0.3) is 15.9 Å². The highest BCUT2D eigenvalue weighted by Crippen LogP contribution is 2.22. The van der Waals surface area contributed by atoms with Crippen molar-refractivity contribution in [3.8, 4) is 5.69 Å². The summed E-state index contributed by atoms with van der Waals surface area (Å²) < 4.78 is 28.7. The Bertz CT molecular complexity index is 1350. The molecule has 4 rings (SSSR count). The van der Waals surface area contributed by atoms with Crippen molar-refractivity contribution in [1.29, 1.82) is 0 Å². The van der Waals surface area contributed by atoms with Gasteiger partial charge < -0.3 is 5.32 Å². The number of anilines is 1. The van der Waals surface area contributed by atoms with Crippen molar-refractivity contribution in [2.75, 3.05) is 11.4 Å². The van der Waals surface area contributed by atoms with Gasteiger partial charge in [0, 0.05) is 30.9 Å². The zero-order chi connectivity index (χ0) is 23.4. The Morgan fingerprint density at radius 2 is 1.64 bits per heavy atom. The number of nitrogens with one attached hydrogen (secondary N) is 1. The smallest absolute Gasteiger partial charge is 0.264 e. The fraction of sp³-hybridized carbons (Fsp3) is 0.120. The fourth-order valence-electron chi connectivity index (χ4n) is 3.29. The van der Waals surface area contributed by atoms with Gasteiger partial charge in [-0.05, 0) is 55.5 Å². The van der Waals surface area contributed by atoms with E-state index in [0.29, 0.717) is 17.8 Å². The third kappa shape index (κ3) is 4.96. The second-order valence-corrected chi connectivity index (χ2v) is 9.61. The molecule has 3 aromatic carbocycles. The molecule has 0 atom stereocenters. The summed E-state index contributed by atoms with van der Waals surface area (Å²) in [6.07, 6.45) is 3.57. The molecule has 0 aliphatic rings. The van der Waals surface area contributed by atoms with E-state index in [1.54, 1.807) is 59.4 Å². The molecule has 4 aromatic rings. The molecule has 0 spiro atoms. The maximum Gasteiger partial charge on any atom is 0.264 e. The maximum atomic E-state index is 12.9. The Labute approximate surface area is 193 Å². The van der Waals surface area contributed by atoms with Gasteiger partial charge in [-0.3, -0.25) is 9.10 Å². The van der Waals surface area contributed by atoms with Gasteiger partial charge in [0.05, 0.1) is 22.5 Å². The van der Waals surface area contributed by atoms with E-state index in [4.69, 9.17) is 0 Å². The highest BCUT2D eigenvalue weighted by Gasteiger charge is 2.21. The summed E-state index contributed by atoms with van der Waals surface area (Å²) in [5.41, 5.74) is 3.70. The molecule has 1 N–H and O–H groups in total. The quantitative estimate of drug-likeness (QED) is 0.453. The van der Waals surface area contributed by atoms with E-state index >= 15 is 0 Å². The van der Waals surface area contributed by atoms with E-state index in [9.17, 15) is 13.2 Å². The zero-order valence-corrected chi connectivity index (χ0v) is 19.2. The molecule has 0 radical (unpaired) electrons. The molecule has 168 valence electrons. The monoisotopic (exact) mass is 460 g/mol. The van der Waals surface area contributed by atoms with Crippen molar-refractivity contribution in [2.45, 2.75) is 18.4 Å². The van der Waals surface area contributed by atoms with Crippen LogP contribution in [0, 0.1) is 6.92 Å². The van der Waals surface area contributed by atoms with Crippen LogP contribution in [0.2, 0.25) is 0 Å². The SMILES string of the molecule is Cc1ccc(S(=O)(=O)N(C)c2ccc(C(=O)NCc3cnn(-c4ccccc4)c3)cc2)cc1. The fourth-order valence-corrected chi connectivity index (χ4v) is 4.48. The molecular formula is C25H24N4O3S. The summed E-state index contributed by atoms with van der Waals surface area (Å²) >= 11 is 0. The summed E-state index contributed by atoms with van der Waals surface area (Å²) in [5, 5.41) is 7.19. The minimum absolute atomic E-state index is 0.216. The standard InChI is InChI=1S/C25H24N4O3S/c1-19-8-14-24(15-9-19)33(31,32)28(2)22-12-10-21(11-13-22)25(30)26-16-20-17-27-29(18-20)23-6-4-3-5-7-23/h3-15,17-18H,16H2,1-2H3,(H,26,30). The molecule has 0 aliphatic heterocycles. The van der Waals surface area contributed by atoms with Gasteiger partial charge in [0.2, 0.25) is 0 Å². The van der Waals surface area contributed by atoms with Gasteiger partial charge in [0.15, 0.2) is 0 Å². The first-order valence-corrected chi connectivity index (χ1v) is 11.8. The average Bonchev–Trinajstić information content (AvgIpc) is 3.32. The third-order valence-electron chi connectivity index (χ3n) is 5.28. The normalized spacial score (nSPS) is 11.2. The summed E-state index contributed by atoms with van der Waals surface area (Å²) in [6.45, 7) is 2.23. The molecule has 0 saturated heterocycles. The van der Waals surface area contributed by atoms with Crippen molar-refractivity contribution in [3.05, 3.63) is 108 Å². The molecule has 0 fully saturated rings. The van der Waals surface area contributed by atoms with Gasteiger partial charge in [-0.15, -0.1) is 0 Å². The van der Waals surface area contributed by atoms with Crippen molar-refractivity contribution in [2.24, 2.45) is 0 Å². The first kappa shape index (κ1) is 22.3. The van der Waals surface area contributed by atoms with Crippen LogP contribution in [0.4, 0.5) is 5.69 Å². The van der Waals surface area contributed by atoms with E-state index in [0.717, 1.165) is 16.8 Å². The predicted octanol–water partition coefficient (Wildman–Crippen LogP) is 3.94. The minimum Gasteiger partial charge on any atom is -0.348 e. The summed E-state index contributed by atoms with van der Waals surface area (Å²) in [5.74, 6) is -0.252. The van der Waals surface area contributed by atoms with Crippen LogP contribution in [0.5, 0.6) is 0 Å². The van der Waals surface area contributed by atoms with E-state index in [-0.39, 0.29) is 10.8 Å². The van der Waals surface area contributed by atoms with E-state index in [1.165, 1.54) is 11.4 Å². The number of sulfonamides is 1. The van der Waals surface area contributed by atoms with Gasteiger partial charge >= 0.3 is 0 Å². The Morgan fingerprint density at radius 3 is 2.30 bits per heavy atom. The van der Waals surface area contributed by atoms with Crippen molar-refractivity contribution in [3.63, 3.8) is 0 Å². The third-order valence-corrected chi connectivity index (χ3v) is 7.08. The number of benzene rings is 3. The van der Waals surface area contributed by atoms with Crippen LogP contribution in [-0.4, -0.2) is 31.2 Å². The predicted molar refractivity (Wildman–Crippen MR) is 128 cm³/mol. The lowest BCUT2D eigenvalue weighted by atomic mass is 10.2. The van der Waals surface area contributed by atoms with E-state index in [2.05, 4.69) is 10.4 Å². The lowest BCUT2D eigenvalue weighted by Gasteiger charge is -2.20. The van der Waals surface area contributed by atoms with Crippen LogP contribution in [0.15, 0.2) is 96.2 Å². The Hall–Kier alpha value is -3.91. The number of hydrogen-bond acceptors (Lipinski definition) is 4. The number of nitrogens with zero attached hydrogens (tertiary/aromatic N) is 3. The highest BCUT2D eigenvalue weighted by atomic mass is 32.2. The number of amides is 1. The van der Waals surface area contributed by atoms with Gasteiger partial charge in [-0.1, -0.05) is 35.9 Å². The molecule has 8 heteroatoms. The summed E-state index contributed by atoms with van der Waals surface area (Å²) in [6, 6.07) is 22.9. The lowest BCUT2D eigenvalue weighted by Crippen LogP contribution is -2.27. The van der Waals surface area contributed by atoms with Gasteiger partial charge in [0.1, 0.15) is 0 Å². The lowest BCUT2D eigenvalue weighted by molar-refractivity contribution is 0.0951. The number of aryl methyl sites for hydroxylation is 1. The van der Waals surface area contributed by atoms with Crippen molar-refractivity contribution < 1.29 is 13.2 Å². The molecule has 7 nitrogen and oxygen atoms in total. The largest absolute Gasteiger partial charge is 0.348 e. The van der Waals surface area contributed by atoms with Crippen LogP contribution in [0.1, 0.15) is 21.5 Å². The number of carbonyl (C=O) groups is 1. The summed E-state index contributed by atoms with van der Waals surface area (Å²) in [7, 11) is -2.19. The number of rotatable bonds is 7. The Kier molecular flexibility index (Phi) is 6.28. The molecule has 0 aliphatic carbocycles. The molecule has 1 heterocycles. The number of hydrogen-bond donors (Lipinski definition) is 1. The number of carbonyl (C=O) groups excluding carboxylic acids is 1. The molecule has 1 amide bonds. The molecule has 33 heavy (non-hydrogen) atoms. The Morgan fingerprint density at radius 1 is 0.970 bits per heavy atom. The summed E-state index contributed by atoms with van der Waals surface area (Å²) in [4.78, 5) is 12.8. The van der Waals surface area contributed by atoms with E-state index in [1.807, 2.05) is 43.5 Å². The van der Waals surface area contributed by atoms with Crippen LogP contribution in [0.25, 0.3) is 5.69 Å². The molecular weight excluding hydrogens is 436 g/mol. The average molecular weight is 461 g/mol. The molecule has 1 aromatic heterocycles. The topological polar surface area (TPSA) is 84.3 Å². The molecule has 0 bridgehead atoms. The van der Waals surface area contributed by atoms with Gasteiger partial charge in [-0.2, -0.15) is 5.10 Å². The maximum absolute atomic E-state index is 12.9. The number of para-hydroxylation sites is 1. The first-order chi connectivity index (χ1) is 15.8. The van der Waals surface area contributed by atoms with Crippen LogP contribution < -0.4 is 9.62 Å². The molecule has 0 unspecified atom stereocenters. The molecule has 0 saturated carbocycles. The highest BCUT2D eigenvalue weighted by molar-refractivity contribution is 7.92. The number of aromatic nitrogens is 2. The van der Waals surface area contributed by atoms with Crippen LogP contribution in [-0.2, 0) is 16.6 Å². The van der Waals surface area contributed by atoms with Crippen LogP contribution in [0.3, 0.4) is 0 Å². The first-order valence-electron chi connectivity index (χ1n) is 10.4. The second kappa shape index (κ2) is 9.30. The Balaban J connectivity index is 1.40. The second-order valence-electron chi connectivity index (χ2n) is 7.64. The van der Waals surface area contributed by atoms with Gasteiger partial charge in [-0.25, -0.2) is 13.1 Å². The minimum atomic E-state index is -3.69.